The number of thiophene rings is 1. The second-order valence-corrected chi connectivity index (χ2v) is 5.47. The summed E-state index contributed by atoms with van der Waals surface area (Å²) >= 11 is 13.2. The van der Waals surface area contributed by atoms with E-state index in [2.05, 4.69) is 15.9 Å². The van der Waals surface area contributed by atoms with Crippen molar-refractivity contribution in [3.8, 4) is 0 Å². The zero-order valence-electron chi connectivity index (χ0n) is 4.81. The third-order valence-electron chi connectivity index (χ3n) is 0.904. The summed E-state index contributed by atoms with van der Waals surface area (Å²) in [4.78, 5) is 0.140. The summed E-state index contributed by atoms with van der Waals surface area (Å²) in [6.07, 6.45) is 0. The SMILES string of the molecule is O=S(O)c1c(Cl)sc(Cl)c1Br. The highest BCUT2D eigenvalue weighted by atomic mass is 79.9. The van der Waals surface area contributed by atoms with E-state index < -0.39 is 11.1 Å². The first-order valence-corrected chi connectivity index (χ1v) is 5.75. The third kappa shape index (κ3) is 1.96. The van der Waals surface area contributed by atoms with Gasteiger partial charge in [0.25, 0.3) is 0 Å². The highest BCUT2D eigenvalue weighted by Crippen LogP contribution is 2.41. The summed E-state index contributed by atoms with van der Waals surface area (Å²) in [6.45, 7) is 0. The van der Waals surface area contributed by atoms with Gasteiger partial charge in [0, 0.05) is 0 Å². The third-order valence-corrected chi connectivity index (χ3v) is 5.06. The minimum atomic E-state index is -2.08. The van der Waals surface area contributed by atoms with Gasteiger partial charge in [0.2, 0.25) is 0 Å². The lowest BCUT2D eigenvalue weighted by Crippen LogP contribution is -1.86. The largest absolute Gasteiger partial charge is 0.302 e. The minimum Gasteiger partial charge on any atom is -0.302 e. The molecular formula is C4HBrCl2O2S2. The minimum absolute atomic E-state index is 0.140. The van der Waals surface area contributed by atoms with Crippen LogP contribution in [0.4, 0.5) is 0 Å². The molecule has 11 heavy (non-hydrogen) atoms. The molecule has 1 unspecified atom stereocenters. The molecule has 1 atom stereocenters. The van der Waals surface area contributed by atoms with E-state index in [-0.39, 0.29) is 9.23 Å². The van der Waals surface area contributed by atoms with Crippen molar-refractivity contribution in [1.82, 2.24) is 0 Å². The topological polar surface area (TPSA) is 37.3 Å². The molecule has 0 spiro atoms. The first-order valence-electron chi connectivity index (χ1n) is 2.28. The first kappa shape index (κ1) is 9.95. The Morgan fingerprint density at radius 1 is 1.45 bits per heavy atom. The van der Waals surface area contributed by atoms with Crippen LogP contribution in [0.2, 0.25) is 8.67 Å². The Bertz CT molecular complexity index is 311. The van der Waals surface area contributed by atoms with E-state index in [1.807, 2.05) is 0 Å². The van der Waals surface area contributed by atoms with Crippen LogP contribution in [-0.4, -0.2) is 8.76 Å². The van der Waals surface area contributed by atoms with Crippen LogP contribution in [-0.2, 0) is 11.1 Å². The standard InChI is InChI=1S/C4HBrCl2O2S2/c5-1-2(11(8)9)4(7)10-3(1)6/h(H,8,9). The average Bonchev–Trinajstić information content (AvgIpc) is 2.07. The van der Waals surface area contributed by atoms with Crippen molar-refractivity contribution in [3.05, 3.63) is 13.1 Å². The van der Waals surface area contributed by atoms with Crippen molar-refractivity contribution in [2.24, 2.45) is 0 Å². The molecule has 1 N–H and O–H groups in total. The van der Waals surface area contributed by atoms with Gasteiger partial charge < -0.3 is 4.55 Å². The molecule has 0 aliphatic carbocycles. The van der Waals surface area contributed by atoms with Crippen molar-refractivity contribution < 1.29 is 8.76 Å². The Labute approximate surface area is 87.9 Å². The molecule has 1 aromatic rings. The Hall–Kier alpha value is 0.870. The fourth-order valence-corrected chi connectivity index (χ4v) is 3.96. The summed E-state index contributed by atoms with van der Waals surface area (Å²) in [6, 6.07) is 0. The predicted molar refractivity (Wildman–Crippen MR) is 51.1 cm³/mol. The summed E-state index contributed by atoms with van der Waals surface area (Å²) in [5, 5.41) is 0. The molecular weight excluding hydrogens is 295 g/mol. The Balaban J connectivity index is 3.34. The van der Waals surface area contributed by atoms with Crippen LogP contribution >= 0.6 is 50.5 Å². The van der Waals surface area contributed by atoms with Gasteiger partial charge >= 0.3 is 0 Å². The highest BCUT2D eigenvalue weighted by Gasteiger charge is 2.17. The molecule has 0 saturated carbocycles. The smallest absolute Gasteiger partial charge is 0.190 e. The summed E-state index contributed by atoms with van der Waals surface area (Å²) in [7, 11) is 0. The van der Waals surface area contributed by atoms with Crippen LogP contribution in [0.5, 0.6) is 0 Å². The molecule has 2 nitrogen and oxygen atoms in total. The lowest BCUT2D eigenvalue weighted by atomic mass is 10.7. The van der Waals surface area contributed by atoms with Gasteiger partial charge in [0.15, 0.2) is 11.1 Å². The maximum absolute atomic E-state index is 10.6. The second-order valence-electron chi connectivity index (χ2n) is 1.54. The van der Waals surface area contributed by atoms with Gasteiger partial charge in [0.05, 0.1) is 4.47 Å². The van der Waals surface area contributed by atoms with Crippen LogP contribution < -0.4 is 0 Å². The molecule has 0 aromatic carbocycles. The van der Waals surface area contributed by atoms with E-state index in [0.29, 0.717) is 8.81 Å². The van der Waals surface area contributed by atoms with E-state index >= 15 is 0 Å². The molecule has 0 radical (unpaired) electrons. The molecule has 1 heterocycles. The van der Waals surface area contributed by atoms with E-state index in [0.717, 1.165) is 11.3 Å². The number of hydrogen-bond acceptors (Lipinski definition) is 2. The maximum Gasteiger partial charge on any atom is 0.190 e. The fourth-order valence-electron chi connectivity index (χ4n) is 0.491. The first-order chi connectivity index (χ1) is 5.04. The van der Waals surface area contributed by atoms with Gasteiger partial charge in [-0.05, 0) is 15.9 Å². The molecule has 0 saturated heterocycles. The van der Waals surface area contributed by atoms with E-state index in [1.54, 1.807) is 0 Å². The zero-order valence-corrected chi connectivity index (χ0v) is 9.54. The number of rotatable bonds is 1. The lowest BCUT2D eigenvalue weighted by Gasteiger charge is -1.90. The monoisotopic (exact) mass is 294 g/mol. The molecule has 0 amide bonds. The van der Waals surface area contributed by atoms with Crippen LogP contribution in [0.15, 0.2) is 9.37 Å². The van der Waals surface area contributed by atoms with Gasteiger partial charge in [-0.3, -0.25) is 0 Å². The van der Waals surface area contributed by atoms with Gasteiger partial charge in [-0.25, -0.2) is 4.21 Å². The predicted octanol–water partition coefficient (Wildman–Crippen LogP) is 3.40. The molecule has 0 fully saturated rings. The van der Waals surface area contributed by atoms with Gasteiger partial charge in [-0.1, -0.05) is 23.2 Å². The molecule has 0 aliphatic rings. The van der Waals surface area contributed by atoms with E-state index in [1.165, 1.54) is 0 Å². The van der Waals surface area contributed by atoms with Crippen molar-refractivity contribution in [1.29, 1.82) is 0 Å². The Morgan fingerprint density at radius 3 is 2.18 bits per heavy atom. The average molecular weight is 296 g/mol. The highest BCUT2D eigenvalue weighted by molar-refractivity contribution is 9.10. The molecule has 0 aliphatic heterocycles. The normalized spacial score (nSPS) is 13.5. The van der Waals surface area contributed by atoms with Crippen molar-refractivity contribution in [3.63, 3.8) is 0 Å². The Morgan fingerprint density at radius 2 is 2.00 bits per heavy atom. The van der Waals surface area contributed by atoms with Crippen molar-refractivity contribution in [2.45, 2.75) is 4.90 Å². The van der Waals surface area contributed by atoms with Crippen LogP contribution in [0.25, 0.3) is 0 Å². The quantitative estimate of drug-likeness (QED) is 0.806. The molecule has 0 bridgehead atoms. The van der Waals surface area contributed by atoms with Crippen molar-refractivity contribution >= 4 is 61.5 Å². The second kappa shape index (κ2) is 3.72. The van der Waals surface area contributed by atoms with Gasteiger partial charge in [-0.15, -0.1) is 11.3 Å². The Kier molecular flexibility index (Phi) is 3.37. The summed E-state index contributed by atoms with van der Waals surface area (Å²) < 4.78 is 20.3. The molecule has 7 heteroatoms. The van der Waals surface area contributed by atoms with Gasteiger partial charge in [-0.2, -0.15) is 0 Å². The lowest BCUT2D eigenvalue weighted by molar-refractivity contribution is 0.564. The molecule has 1 aromatic heterocycles. The molecule has 62 valence electrons. The van der Waals surface area contributed by atoms with E-state index in [9.17, 15) is 4.21 Å². The van der Waals surface area contributed by atoms with Gasteiger partial charge in [0.1, 0.15) is 13.6 Å². The molecule has 1 rings (SSSR count). The number of halogens is 3. The maximum atomic E-state index is 10.6. The van der Waals surface area contributed by atoms with Crippen molar-refractivity contribution in [2.75, 3.05) is 0 Å². The van der Waals surface area contributed by atoms with E-state index in [4.69, 9.17) is 27.8 Å². The zero-order chi connectivity index (χ0) is 8.59. The number of hydrogen-bond donors (Lipinski definition) is 1. The summed E-state index contributed by atoms with van der Waals surface area (Å²) in [5.41, 5.74) is 0. The van der Waals surface area contributed by atoms with Crippen LogP contribution in [0.1, 0.15) is 0 Å². The van der Waals surface area contributed by atoms with Crippen LogP contribution in [0, 0.1) is 0 Å². The summed E-state index contributed by atoms with van der Waals surface area (Å²) in [5.74, 6) is 0. The fraction of sp³-hybridized carbons (Fsp3) is 0. The van der Waals surface area contributed by atoms with Crippen LogP contribution in [0.3, 0.4) is 0 Å².